The Balaban J connectivity index is 4.14. The Hall–Kier alpha value is -2.23. The van der Waals surface area contributed by atoms with Crippen molar-refractivity contribution in [3.63, 3.8) is 0 Å². The smallest absolute Gasteiger partial charge is 0.306 e. The molecule has 0 aromatic heterocycles. The van der Waals surface area contributed by atoms with Gasteiger partial charge in [-0.1, -0.05) is 269 Å². The first-order valence-electron chi connectivity index (χ1n) is 32.5. The highest BCUT2D eigenvalue weighted by molar-refractivity contribution is 5.70. The predicted molar refractivity (Wildman–Crippen MR) is 316 cm³/mol. The monoisotopic (exact) mass is 1060 g/mol. The zero-order valence-corrected chi connectivity index (χ0v) is 50.4. The number of carboxylic acid groups (broad SMARTS) is 1. The number of aliphatic carboxylic acids is 1. The summed E-state index contributed by atoms with van der Waals surface area (Å²) in [6, 6.07) is 0. The Labute approximate surface area is 465 Å². The van der Waals surface area contributed by atoms with Crippen molar-refractivity contribution in [3.8, 4) is 0 Å². The van der Waals surface area contributed by atoms with Gasteiger partial charge in [0.1, 0.15) is 13.2 Å². The van der Waals surface area contributed by atoms with Gasteiger partial charge in [0.25, 0.3) is 0 Å². The molecule has 0 amide bonds. The van der Waals surface area contributed by atoms with Gasteiger partial charge in [-0.2, -0.15) is 0 Å². The van der Waals surface area contributed by atoms with Crippen LogP contribution in [0.25, 0.3) is 0 Å². The Morgan fingerprint density at radius 3 is 0.987 bits per heavy atom. The number of quaternary nitrogens is 1. The lowest BCUT2D eigenvalue weighted by Crippen LogP contribution is -2.44. The average molecular weight is 1060 g/mol. The topological polar surface area (TPSA) is 111 Å². The maximum Gasteiger partial charge on any atom is 0.306 e. The van der Waals surface area contributed by atoms with Crippen molar-refractivity contribution in [2.24, 2.45) is 0 Å². The second-order valence-electron chi connectivity index (χ2n) is 23.4. The number of ether oxygens (including phenoxy) is 4. The number of esters is 2. The second-order valence-corrected chi connectivity index (χ2v) is 23.4. The van der Waals surface area contributed by atoms with Crippen LogP contribution in [0.4, 0.5) is 0 Å². The highest BCUT2D eigenvalue weighted by atomic mass is 16.7. The molecule has 2 unspecified atom stereocenters. The summed E-state index contributed by atoms with van der Waals surface area (Å²) in [7, 11) is 5.94. The molecule has 442 valence electrons. The van der Waals surface area contributed by atoms with Crippen molar-refractivity contribution in [2.75, 3.05) is 47.5 Å². The minimum absolute atomic E-state index is 0.150. The lowest BCUT2D eigenvalue weighted by Gasteiger charge is -2.26. The minimum Gasteiger partial charge on any atom is -0.545 e. The van der Waals surface area contributed by atoms with Crippen molar-refractivity contribution in [3.05, 3.63) is 24.3 Å². The summed E-state index contributed by atoms with van der Waals surface area (Å²) in [5.41, 5.74) is 0. The Morgan fingerprint density at radius 1 is 0.387 bits per heavy atom. The third kappa shape index (κ3) is 59.3. The van der Waals surface area contributed by atoms with E-state index < -0.39 is 24.3 Å². The summed E-state index contributed by atoms with van der Waals surface area (Å²) in [6.07, 6.45) is 66.7. The van der Waals surface area contributed by atoms with Crippen LogP contribution in [0.1, 0.15) is 322 Å². The van der Waals surface area contributed by atoms with Crippen LogP contribution in [0.15, 0.2) is 24.3 Å². The first kappa shape index (κ1) is 72.8. The number of nitrogens with zero attached hydrogens (tertiary/aromatic N) is 1. The van der Waals surface area contributed by atoms with Gasteiger partial charge in [-0.05, 0) is 64.2 Å². The van der Waals surface area contributed by atoms with E-state index in [1.165, 1.54) is 257 Å². The van der Waals surface area contributed by atoms with Crippen LogP contribution in [-0.4, -0.2) is 82.3 Å². The van der Waals surface area contributed by atoms with E-state index >= 15 is 0 Å². The van der Waals surface area contributed by atoms with E-state index in [1.54, 1.807) is 0 Å². The fraction of sp³-hybridized carbons (Fsp3) is 0.894. The molecule has 0 N–H and O–H groups in total. The lowest BCUT2D eigenvalue weighted by molar-refractivity contribution is -0.870. The summed E-state index contributed by atoms with van der Waals surface area (Å²) in [4.78, 5) is 37.4. The molecule has 0 aromatic carbocycles. The molecule has 0 bridgehead atoms. The molecule has 9 nitrogen and oxygen atoms in total. The molecule has 0 aliphatic heterocycles. The number of carbonyl (C=O) groups excluding carboxylic acids is 3. The second kappa shape index (κ2) is 57.9. The van der Waals surface area contributed by atoms with E-state index in [-0.39, 0.29) is 32.2 Å². The van der Waals surface area contributed by atoms with Crippen molar-refractivity contribution in [2.45, 2.75) is 334 Å². The maximum absolute atomic E-state index is 12.9. The molecule has 75 heavy (non-hydrogen) atoms. The predicted octanol–water partition coefficient (Wildman–Crippen LogP) is 18.1. The van der Waals surface area contributed by atoms with Crippen LogP contribution in [0.2, 0.25) is 0 Å². The zero-order valence-electron chi connectivity index (χ0n) is 50.4. The van der Waals surface area contributed by atoms with Crippen molar-refractivity contribution in [1.29, 1.82) is 0 Å². The van der Waals surface area contributed by atoms with Crippen LogP contribution in [0, 0.1) is 0 Å². The summed E-state index contributed by atoms with van der Waals surface area (Å²) >= 11 is 0. The van der Waals surface area contributed by atoms with Crippen molar-refractivity contribution in [1.82, 2.24) is 0 Å². The highest BCUT2D eigenvalue weighted by Crippen LogP contribution is 2.18. The normalized spacial score (nSPS) is 12.8. The first-order chi connectivity index (χ1) is 36.6. The minimum atomic E-state index is -1.62. The number of allylic oxidation sites excluding steroid dienone is 4. The molecule has 0 saturated carbocycles. The zero-order chi connectivity index (χ0) is 54.8. The van der Waals surface area contributed by atoms with Gasteiger partial charge >= 0.3 is 11.9 Å². The molecule has 0 aliphatic carbocycles. The summed E-state index contributed by atoms with van der Waals surface area (Å²) in [5, 5.41) is 11.8. The summed E-state index contributed by atoms with van der Waals surface area (Å²) in [5.74, 6) is -2.26. The number of carbonyl (C=O) groups is 3. The van der Waals surface area contributed by atoms with E-state index in [2.05, 4.69) is 38.2 Å². The molecular formula is C66H125NO8. The van der Waals surface area contributed by atoms with E-state index in [0.29, 0.717) is 17.4 Å². The number of hydrogen-bond donors (Lipinski definition) is 0. The van der Waals surface area contributed by atoms with Crippen molar-refractivity contribution >= 4 is 17.9 Å². The largest absolute Gasteiger partial charge is 0.545 e. The van der Waals surface area contributed by atoms with Gasteiger partial charge in [-0.3, -0.25) is 9.59 Å². The van der Waals surface area contributed by atoms with E-state index in [4.69, 9.17) is 18.9 Å². The van der Waals surface area contributed by atoms with Gasteiger partial charge in [0.15, 0.2) is 12.4 Å². The van der Waals surface area contributed by atoms with Gasteiger partial charge < -0.3 is 33.3 Å². The van der Waals surface area contributed by atoms with Gasteiger partial charge in [0.05, 0.1) is 40.3 Å². The van der Waals surface area contributed by atoms with Gasteiger partial charge in [-0.15, -0.1) is 0 Å². The third-order valence-electron chi connectivity index (χ3n) is 14.7. The molecule has 0 fully saturated rings. The number of hydrogen-bond acceptors (Lipinski definition) is 8. The van der Waals surface area contributed by atoms with E-state index in [0.717, 1.165) is 38.5 Å². The highest BCUT2D eigenvalue weighted by Gasteiger charge is 2.22. The van der Waals surface area contributed by atoms with Gasteiger partial charge in [-0.25, -0.2) is 0 Å². The van der Waals surface area contributed by atoms with Crippen molar-refractivity contribution < 1.29 is 42.9 Å². The molecule has 2 atom stereocenters. The Kier molecular flexibility index (Phi) is 56.2. The lowest BCUT2D eigenvalue weighted by atomic mass is 10.0. The molecule has 9 heteroatoms. The van der Waals surface area contributed by atoms with Gasteiger partial charge in [0, 0.05) is 12.8 Å². The maximum atomic E-state index is 12.9. The molecular weight excluding hydrogens is 935 g/mol. The summed E-state index contributed by atoms with van der Waals surface area (Å²) in [6.45, 7) is 4.81. The number of likely N-dealkylation sites (N-methyl/N-ethyl adjacent to an activating group) is 1. The molecule has 0 rings (SSSR count). The standard InChI is InChI=1S/C66H125NO8/c1-6-8-10-12-14-16-18-20-22-24-26-28-30-32-34-36-38-40-42-44-46-48-50-52-54-56-63(68)73-60-62(61-74-66(65(70)71)72-59-58-67(3,4)5)75-64(69)57-55-53-51-49-47-45-43-41-39-37-35-33-31-29-27-25-23-21-19-17-15-13-11-9-7-2/h24-27,62,66H,6-23,28-61H2,1-5H3/b26-24-,27-25-. The quantitative estimate of drug-likeness (QED) is 0.0195. The number of rotatable bonds is 61. The first-order valence-corrected chi connectivity index (χ1v) is 32.5. The molecule has 0 spiro atoms. The third-order valence-corrected chi connectivity index (χ3v) is 14.7. The fourth-order valence-corrected chi connectivity index (χ4v) is 9.65. The van der Waals surface area contributed by atoms with Crippen LogP contribution in [0.5, 0.6) is 0 Å². The SMILES string of the molecule is CCCCCCCCCC/C=C\CCCCCCCCCCCCCCCC(=O)OCC(COC(OCC[N+](C)(C)C)C(=O)[O-])OC(=O)CCCCCCCCCCCCCCC/C=C\CCCCCCCCCC. The van der Waals surface area contributed by atoms with Crippen LogP contribution in [0.3, 0.4) is 0 Å². The average Bonchev–Trinajstić information content (AvgIpc) is 3.38. The summed E-state index contributed by atoms with van der Waals surface area (Å²) < 4.78 is 22.8. The molecule has 0 aliphatic rings. The molecule has 0 saturated heterocycles. The van der Waals surface area contributed by atoms with Crippen LogP contribution >= 0.6 is 0 Å². The molecule has 0 radical (unpaired) electrons. The van der Waals surface area contributed by atoms with E-state index in [1.807, 2.05) is 21.1 Å². The van der Waals surface area contributed by atoms with Crippen LogP contribution < -0.4 is 5.11 Å². The fourth-order valence-electron chi connectivity index (χ4n) is 9.65. The van der Waals surface area contributed by atoms with E-state index in [9.17, 15) is 19.5 Å². The molecule has 0 aromatic rings. The Morgan fingerprint density at radius 2 is 0.680 bits per heavy atom. The number of carboxylic acids is 1. The van der Waals surface area contributed by atoms with Crippen LogP contribution in [-0.2, 0) is 33.3 Å². The molecule has 0 heterocycles. The number of unbranched alkanes of at least 4 members (excludes halogenated alkanes) is 42. The Bertz CT molecular complexity index is 1280. The van der Waals surface area contributed by atoms with Gasteiger partial charge in [0.2, 0.25) is 0 Å².